The van der Waals surface area contributed by atoms with Crippen LogP contribution in [0, 0.1) is 0 Å². The molecule has 156 valence electrons. The maximum Gasteiger partial charge on any atom is 0.177 e. The molecule has 7 heteroatoms. The number of rotatable bonds is 4. The van der Waals surface area contributed by atoms with E-state index in [4.69, 9.17) is 0 Å². The molecule has 4 rings (SSSR count). The van der Waals surface area contributed by atoms with Crippen LogP contribution < -0.4 is 4.90 Å². The number of anilines is 1. The lowest BCUT2D eigenvalue weighted by Crippen LogP contribution is -2.36. The molecule has 2 aromatic rings. The van der Waals surface area contributed by atoms with Crippen molar-refractivity contribution in [3.63, 3.8) is 0 Å². The molecule has 1 aliphatic carbocycles. The first-order chi connectivity index (χ1) is 13.7. The lowest BCUT2D eigenvalue weighted by Gasteiger charge is -2.37. The minimum Gasteiger partial charge on any atom is -0.367 e. The normalized spacial score (nSPS) is 22.5. The van der Waals surface area contributed by atoms with E-state index >= 15 is 0 Å². The van der Waals surface area contributed by atoms with E-state index in [1.807, 2.05) is 0 Å². The Labute approximate surface area is 173 Å². The minimum absolute atomic E-state index is 0.0421. The quantitative estimate of drug-likeness (QED) is 0.737. The lowest BCUT2D eigenvalue weighted by atomic mass is 9.78. The van der Waals surface area contributed by atoms with Crippen LogP contribution in [-0.4, -0.2) is 41.9 Å². The molecule has 5 nitrogen and oxygen atoms in total. The zero-order chi connectivity index (χ0) is 20.8. The molecule has 0 radical (unpaired) electrons. The fourth-order valence-corrected chi connectivity index (χ4v) is 6.59. The summed E-state index contributed by atoms with van der Waals surface area (Å²) in [6.45, 7) is 0.782. The van der Waals surface area contributed by atoms with Crippen molar-refractivity contribution in [1.29, 1.82) is 0 Å². The molecule has 2 atom stereocenters. The molecule has 0 spiro atoms. The second-order valence-electron chi connectivity index (χ2n) is 8.27. The predicted molar refractivity (Wildman–Crippen MR) is 115 cm³/mol. The van der Waals surface area contributed by atoms with E-state index in [9.17, 15) is 16.8 Å². The average molecular weight is 434 g/mol. The Kier molecular flexibility index (Phi) is 5.23. The number of hydrogen-bond donors (Lipinski definition) is 0. The summed E-state index contributed by atoms with van der Waals surface area (Å²) in [5, 5.41) is 0. The Morgan fingerprint density at radius 3 is 2.38 bits per heavy atom. The molecule has 0 bridgehead atoms. The smallest absolute Gasteiger partial charge is 0.177 e. The van der Waals surface area contributed by atoms with E-state index < -0.39 is 19.7 Å². The Hall–Kier alpha value is -1.86. The van der Waals surface area contributed by atoms with Crippen LogP contribution in [-0.2, 0) is 26.1 Å². The molecule has 1 aliphatic heterocycles. The molecule has 29 heavy (non-hydrogen) atoms. The number of fused-ring (bicyclic) bond motifs is 1. The lowest BCUT2D eigenvalue weighted by molar-refractivity contribution is 0.460. The van der Waals surface area contributed by atoms with Crippen molar-refractivity contribution in [2.45, 2.75) is 53.9 Å². The SMILES string of the molecule is CS(=O)(=O)c1ccc(N2CCC[C@H]2[C@H]2CCCc3ccccc32)c(S(C)(=O)=O)c1. The summed E-state index contributed by atoms with van der Waals surface area (Å²) >= 11 is 0. The van der Waals surface area contributed by atoms with Crippen LogP contribution in [0.2, 0.25) is 0 Å². The van der Waals surface area contributed by atoms with Gasteiger partial charge >= 0.3 is 0 Å². The van der Waals surface area contributed by atoms with E-state index in [0.717, 1.165) is 51.2 Å². The Bertz CT molecular complexity index is 1140. The van der Waals surface area contributed by atoms with Gasteiger partial charge in [-0.3, -0.25) is 0 Å². The average Bonchev–Trinajstić information content (AvgIpc) is 3.15. The zero-order valence-corrected chi connectivity index (χ0v) is 18.5. The van der Waals surface area contributed by atoms with Gasteiger partial charge in [-0.1, -0.05) is 24.3 Å². The summed E-state index contributed by atoms with van der Waals surface area (Å²) in [4.78, 5) is 2.35. The topological polar surface area (TPSA) is 71.5 Å². The monoisotopic (exact) mass is 433 g/mol. The van der Waals surface area contributed by atoms with Crippen LogP contribution in [0.4, 0.5) is 5.69 Å². The van der Waals surface area contributed by atoms with Gasteiger partial charge in [0.15, 0.2) is 19.7 Å². The van der Waals surface area contributed by atoms with Gasteiger partial charge in [0.2, 0.25) is 0 Å². The Balaban J connectivity index is 1.79. The minimum atomic E-state index is -3.57. The van der Waals surface area contributed by atoms with Crippen molar-refractivity contribution in [1.82, 2.24) is 0 Å². The Morgan fingerprint density at radius 1 is 0.897 bits per heavy atom. The fourth-order valence-electron chi connectivity index (χ4n) is 4.96. The fraction of sp³-hybridized carbons (Fsp3) is 0.455. The van der Waals surface area contributed by atoms with Gasteiger partial charge < -0.3 is 4.90 Å². The third-order valence-corrected chi connectivity index (χ3v) is 8.48. The zero-order valence-electron chi connectivity index (χ0n) is 16.8. The van der Waals surface area contributed by atoms with Crippen molar-refractivity contribution >= 4 is 25.4 Å². The number of aryl methyl sites for hydroxylation is 1. The van der Waals surface area contributed by atoms with Crippen LogP contribution in [0.15, 0.2) is 52.3 Å². The van der Waals surface area contributed by atoms with Gasteiger partial charge in [-0.15, -0.1) is 0 Å². The van der Waals surface area contributed by atoms with Crippen molar-refractivity contribution < 1.29 is 16.8 Å². The van der Waals surface area contributed by atoms with Gasteiger partial charge in [0.25, 0.3) is 0 Å². The van der Waals surface area contributed by atoms with E-state index in [-0.39, 0.29) is 15.8 Å². The highest BCUT2D eigenvalue weighted by Crippen LogP contribution is 2.43. The maximum atomic E-state index is 12.5. The Morgan fingerprint density at radius 2 is 1.66 bits per heavy atom. The van der Waals surface area contributed by atoms with Gasteiger partial charge in [-0.05, 0) is 61.4 Å². The summed E-state index contributed by atoms with van der Waals surface area (Å²) in [6.07, 6.45) is 7.59. The summed E-state index contributed by atoms with van der Waals surface area (Å²) < 4.78 is 49.1. The number of hydrogen-bond acceptors (Lipinski definition) is 5. The number of benzene rings is 2. The van der Waals surface area contributed by atoms with Crippen LogP contribution >= 0.6 is 0 Å². The highest BCUT2D eigenvalue weighted by Gasteiger charge is 2.36. The molecular formula is C22H27NO4S2. The van der Waals surface area contributed by atoms with Crippen LogP contribution in [0.25, 0.3) is 0 Å². The summed E-state index contributed by atoms with van der Waals surface area (Å²) in [6, 6.07) is 13.3. The summed E-state index contributed by atoms with van der Waals surface area (Å²) in [7, 11) is -7.06. The molecule has 1 saturated heterocycles. The second kappa shape index (κ2) is 7.43. The van der Waals surface area contributed by atoms with Gasteiger partial charge in [-0.2, -0.15) is 0 Å². The molecule has 0 aromatic heterocycles. The van der Waals surface area contributed by atoms with Crippen LogP contribution in [0.3, 0.4) is 0 Å². The third-order valence-electron chi connectivity index (χ3n) is 6.25. The first-order valence-electron chi connectivity index (χ1n) is 10.0. The molecule has 1 fully saturated rings. The van der Waals surface area contributed by atoms with Gasteiger partial charge in [-0.25, -0.2) is 16.8 Å². The number of nitrogens with zero attached hydrogens (tertiary/aromatic N) is 1. The third kappa shape index (κ3) is 3.94. The number of sulfone groups is 2. The molecule has 0 saturated carbocycles. The first-order valence-corrected chi connectivity index (χ1v) is 13.8. The van der Waals surface area contributed by atoms with E-state index in [1.165, 1.54) is 23.3 Å². The van der Waals surface area contributed by atoms with E-state index in [0.29, 0.717) is 11.6 Å². The molecule has 2 aromatic carbocycles. The highest BCUT2D eigenvalue weighted by atomic mass is 32.2. The van der Waals surface area contributed by atoms with Crippen LogP contribution in [0.5, 0.6) is 0 Å². The molecule has 0 unspecified atom stereocenters. The molecule has 0 amide bonds. The van der Waals surface area contributed by atoms with E-state index in [1.54, 1.807) is 6.07 Å². The van der Waals surface area contributed by atoms with Gasteiger partial charge in [0.1, 0.15) is 0 Å². The van der Waals surface area contributed by atoms with Crippen molar-refractivity contribution in [3.05, 3.63) is 53.6 Å². The van der Waals surface area contributed by atoms with E-state index in [2.05, 4.69) is 29.2 Å². The molecule has 0 N–H and O–H groups in total. The highest BCUT2D eigenvalue weighted by molar-refractivity contribution is 7.91. The van der Waals surface area contributed by atoms with Crippen molar-refractivity contribution in [3.8, 4) is 0 Å². The summed E-state index contributed by atoms with van der Waals surface area (Å²) in [5.41, 5.74) is 3.40. The van der Waals surface area contributed by atoms with Gasteiger partial charge in [0, 0.05) is 31.0 Å². The molecule has 2 aliphatic rings. The van der Waals surface area contributed by atoms with Gasteiger partial charge in [0.05, 0.1) is 15.5 Å². The second-order valence-corrected chi connectivity index (χ2v) is 12.3. The van der Waals surface area contributed by atoms with Crippen molar-refractivity contribution in [2.75, 3.05) is 24.0 Å². The maximum absolute atomic E-state index is 12.5. The molecular weight excluding hydrogens is 406 g/mol. The van der Waals surface area contributed by atoms with Crippen molar-refractivity contribution in [2.24, 2.45) is 0 Å². The predicted octanol–water partition coefficient (Wildman–Crippen LogP) is 3.58. The molecule has 1 heterocycles. The largest absolute Gasteiger partial charge is 0.367 e. The van der Waals surface area contributed by atoms with Crippen LogP contribution in [0.1, 0.15) is 42.7 Å². The standard InChI is InChI=1S/C22H27NO4S2/c1-28(24,25)17-12-13-21(22(15-17)29(2,26)27)23-14-6-11-20(23)19-10-5-8-16-7-3-4-9-18(16)19/h3-4,7,9,12-13,15,19-20H,5-6,8,10-11,14H2,1-2H3/t19-,20-/m0/s1. The first kappa shape index (κ1) is 20.4. The summed E-state index contributed by atoms with van der Waals surface area (Å²) in [5.74, 6) is 0.365.